The predicted octanol–water partition coefficient (Wildman–Crippen LogP) is 1.62. The first-order chi connectivity index (χ1) is 14.8. The Bertz CT molecular complexity index is 1100. The van der Waals surface area contributed by atoms with Gasteiger partial charge in [0.2, 0.25) is 0 Å². The summed E-state index contributed by atoms with van der Waals surface area (Å²) >= 11 is 0. The highest BCUT2D eigenvalue weighted by atomic mass is 16.5. The lowest BCUT2D eigenvalue weighted by molar-refractivity contribution is -0.115. The van der Waals surface area contributed by atoms with E-state index in [2.05, 4.69) is 4.98 Å². The van der Waals surface area contributed by atoms with Gasteiger partial charge in [0.05, 0.1) is 5.57 Å². The number of aromatic amines is 1. The first-order valence-corrected chi connectivity index (χ1v) is 10.2. The molecule has 9 heteroatoms. The number of nitrogens with two attached hydrogens (primary N) is 1. The fourth-order valence-corrected chi connectivity index (χ4v) is 3.48. The van der Waals surface area contributed by atoms with E-state index in [4.69, 9.17) is 15.2 Å². The molecule has 0 aliphatic carbocycles. The van der Waals surface area contributed by atoms with Crippen molar-refractivity contribution >= 4 is 23.5 Å². The minimum atomic E-state index is -0.703. The number of para-hydroxylation sites is 1. The van der Waals surface area contributed by atoms with Crippen molar-refractivity contribution in [1.82, 2.24) is 9.55 Å². The number of nitrogens with zero attached hydrogens (tertiary/aromatic N) is 2. The number of carbonyl (C=O) groups excluding carboxylic acids is 1. The average Bonchev–Trinajstić information content (AvgIpc) is 2.74. The third-order valence-corrected chi connectivity index (χ3v) is 4.91. The van der Waals surface area contributed by atoms with E-state index in [1.807, 2.05) is 38.1 Å². The van der Waals surface area contributed by atoms with Crippen LogP contribution >= 0.6 is 0 Å². The van der Waals surface area contributed by atoms with Crippen molar-refractivity contribution in [3.05, 3.63) is 56.2 Å². The first kappa shape index (κ1) is 22.4. The Kier molecular flexibility index (Phi) is 6.96. The van der Waals surface area contributed by atoms with Crippen molar-refractivity contribution in [2.24, 2.45) is 5.92 Å². The van der Waals surface area contributed by atoms with Crippen LogP contribution in [0.25, 0.3) is 6.08 Å². The maximum Gasteiger partial charge on any atom is 0.330 e. The van der Waals surface area contributed by atoms with Gasteiger partial charge in [-0.05, 0) is 24.5 Å². The molecule has 0 unspecified atom stereocenters. The molecule has 1 amide bonds. The van der Waals surface area contributed by atoms with Gasteiger partial charge in [-0.15, -0.1) is 0 Å². The van der Waals surface area contributed by atoms with E-state index >= 15 is 0 Å². The number of methoxy groups -OCH3 is 1. The molecule has 0 atom stereocenters. The largest absolute Gasteiger partial charge is 0.488 e. The summed E-state index contributed by atoms with van der Waals surface area (Å²) in [5.41, 5.74) is 6.07. The van der Waals surface area contributed by atoms with Crippen LogP contribution < -0.4 is 26.6 Å². The first-order valence-electron chi connectivity index (χ1n) is 10.2. The molecule has 1 aromatic carbocycles. The number of hydrogen-bond acceptors (Lipinski definition) is 6. The van der Waals surface area contributed by atoms with Gasteiger partial charge in [0.1, 0.15) is 18.2 Å². The Morgan fingerprint density at radius 2 is 2.06 bits per heavy atom. The molecule has 0 bridgehead atoms. The SMILES string of the molecule is COCCCN(C(=O)C1=Cc2ccccc2OC1)c1c(N)n(CC(C)C)c(=O)[nH]c1=O. The van der Waals surface area contributed by atoms with Crippen LogP contribution in [0.1, 0.15) is 25.8 Å². The van der Waals surface area contributed by atoms with Crippen LogP contribution in [-0.4, -0.2) is 42.3 Å². The topological polar surface area (TPSA) is 120 Å². The number of anilines is 2. The molecule has 31 heavy (non-hydrogen) atoms. The summed E-state index contributed by atoms with van der Waals surface area (Å²) in [4.78, 5) is 42.1. The van der Waals surface area contributed by atoms with E-state index in [0.29, 0.717) is 30.9 Å². The number of amides is 1. The molecule has 0 radical (unpaired) electrons. The molecule has 0 saturated heterocycles. The number of H-pyrrole nitrogens is 1. The highest BCUT2D eigenvalue weighted by molar-refractivity contribution is 6.10. The number of aromatic nitrogens is 2. The van der Waals surface area contributed by atoms with Gasteiger partial charge in [-0.2, -0.15) is 0 Å². The minimum Gasteiger partial charge on any atom is -0.488 e. The highest BCUT2D eigenvalue weighted by Crippen LogP contribution is 2.28. The Hall–Kier alpha value is -3.33. The van der Waals surface area contributed by atoms with Crippen LogP contribution in [0.3, 0.4) is 0 Å². The number of ether oxygens (including phenoxy) is 2. The molecular formula is C22H28N4O5. The maximum atomic E-state index is 13.5. The number of carbonyl (C=O) groups is 1. The molecule has 2 heterocycles. The van der Waals surface area contributed by atoms with E-state index in [-0.39, 0.29) is 30.6 Å². The van der Waals surface area contributed by atoms with Crippen molar-refractivity contribution in [2.75, 3.05) is 37.5 Å². The fraction of sp³-hybridized carbons (Fsp3) is 0.409. The van der Waals surface area contributed by atoms with E-state index in [1.165, 1.54) is 9.47 Å². The van der Waals surface area contributed by atoms with Gasteiger partial charge in [0.25, 0.3) is 11.5 Å². The second-order valence-electron chi connectivity index (χ2n) is 7.80. The van der Waals surface area contributed by atoms with Gasteiger partial charge in [-0.1, -0.05) is 32.0 Å². The second kappa shape index (κ2) is 9.65. The lowest BCUT2D eigenvalue weighted by atomic mass is 10.1. The number of benzene rings is 1. The number of nitrogens with one attached hydrogen (secondary N) is 1. The van der Waals surface area contributed by atoms with E-state index < -0.39 is 17.2 Å². The van der Waals surface area contributed by atoms with Crippen molar-refractivity contribution in [2.45, 2.75) is 26.8 Å². The molecular weight excluding hydrogens is 400 g/mol. The summed E-state index contributed by atoms with van der Waals surface area (Å²) in [5, 5.41) is 0. The van der Waals surface area contributed by atoms with Crippen molar-refractivity contribution in [3.8, 4) is 5.75 Å². The number of fused-ring (bicyclic) bond motifs is 1. The number of rotatable bonds is 8. The van der Waals surface area contributed by atoms with E-state index in [9.17, 15) is 14.4 Å². The van der Waals surface area contributed by atoms with Crippen molar-refractivity contribution in [1.29, 1.82) is 0 Å². The Morgan fingerprint density at radius 1 is 1.32 bits per heavy atom. The van der Waals surface area contributed by atoms with Crippen molar-refractivity contribution in [3.63, 3.8) is 0 Å². The molecule has 9 nitrogen and oxygen atoms in total. The summed E-state index contributed by atoms with van der Waals surface area (Å²) in [7, 11) is 1.56. The van der Waals surface area contributed by atoms with Gasteiger partial charge < -0.3 is 20.1 Å². The van der Waals surface area contributed by atoms with Gasteiger partial charge in [-0.25, -0.2) is 4.79 Å². The summed E-state index contributed by atoms with van der Waals surface area (Å²) in [6.45, 7) is 4.83. The van der Waals surface area contributed by atoms with E-state index in [1.54, 1.807) is 13.2 Å². The zero-order valence-corrected chi connectivity index (χ0v) is 18.0. The molecule has 1 aromatic heterocycles. The van der Waals surface area contributed by atoms with Crippen molar-refractivity contribution < 1.29 is 14.3 Å². The molecule has 0 spiro atoms. The Balaban J connectivity index is 2.06. The minimum absolute atomic E-state index is 0.0362. The molecule has 2 aromatic rings. The van der Waals surface area contributed by atoms with Crippen LogP contribution in [0.15, 0.2) is 39.4 Å². The van der Waals surface area contributed by atoms with E-state index in [0.717, 1.165) is 5.56 Å². The van der Waals surface area contributed by atoms with Crippen LogP contribution in [0.2, 0.25) is 0 Å². The molecule has 1 aliphatic heterocycles. The monoisotopic (exact) mass is 428 g/mol. The quantitative estimate of drug-likeness (QED) is 0.617. The van der Waals surface area contributed by atoms with Gasteiger partial charge in [0.15, 0.2) is 5.69 Å². The molecule has 0 saturated carbocycles. The smallest absolute Gasteiger partial charge is 0.330 e. The lowest BCUT2D eigenvalue weighted by Crippen LogP contribution is -2.43. The number of hydrogen-bond donors (Lipinski definition) is 2. The summed E-state index contributed by atoms with van der Waals surface area (Å²) in [6, 6.07) is 7.39. The fourth-order valence-electron chi connectivity index (χ4n) is 3.48. The third-order valence-electron chi connectivity index (χ3n) is 4.91. The standard InChI is InChI=1S/C22H28N4O5/c1-14(2)12-26-19(23)18(20(27)24-22(26)29)25(9-6-10-30-3)21(28)16-11-15-7-4-5-8-17(15)31-13-16/h4-5,7-8,11,14H,6,9-10,12-13,23H2,1-3H3,(H,24,27,29). The Morgan fingerprint density at radius 3 is 2.77 bits per heavy atom. The third kappa shape index (κ3) is 4.88. The molecule has 1 aliphatic rings. The second-order valence-corrected chi connectivity index (χ2v) is 7.80. The highest BCUT2D eigenvalue weighted by Gasteiger charge is 2.28. The zero-order chi connectivity index (χ0) is 22.5. The van der Waals surface area contributed by atoms with Gasteiger partial charge in [-0.3, -0.25) is 19.1 Å². The van der Waals surface area contributed by atoms with Crippen LogP contribution in [-0.2, 0) is 16.1 Å². The summed E-state index contributed by atoms with van der Waals surface area (Å²) < 4.78 is 12.1. The van der Waals surface area contributed by atoms with Gasteiger partial charge >= 0.3 is 5.69 Å². The molecule has 166 valence electrons. The Labute approximate surface area is 180 Å². The summed E-state index contributed by atoms with van der Waals surface area (Å²) in [5.74, 6) is 0.360. The van der Waals surface area contributed by atoms with Crippen LogP contribution in [0.5, 0.6) is 5.75 Å². The normalized spacial score (nSPS) is 12.8. The van der Waals surface area contributed by atoms with Gasteiger partial charge in [0, 0.05) is 32.4 Å². The maximum absolute atomic E-state index is 13.5. The molecule has 0 fully saturated rings. The predicted molar refractivity (Wildman–Crippen MR) is 119 cm³/mol. The van der Waals surface area contributed by atoms with Crippen LogP contribution in [0.4, 0.5) is 11.5 Å². The zero-order valence-electron chi connectivity index (χ0n) is 18.0. The van der Waals surface area contributed by atoms with Crippen LogP contribution in [0, 0.1) is 5.92 Å². The lowest BCUT2D eigenvalue weighted by Gasteiger charge is -2.27. The molecule has 3 rings (SSSR count). The summed E-state index contributed by atoms with van der Waals surface area (Å²) in [6.07, 6.45) is 2.23. The average molecular weight is 428 g/mol. The number of nitrogen functional groups attached to an aromatic ring is 1. The molecule has 3 N–H and O–H groups in total.